The van der Waals surface area contributed by atoms with Crippen LogP contribution in [0.25, 0.3) is 17.1 Å². The molecule has 0 fully saturated rings. The van der Waals surface area contributed by atoms with E-state index in [1.807, 2.05) is 41.0 Å². The SMILES string of the molecule is COc1ccc(NC(=O)CSc2nnc(-c3ccncc3)n2-c2ccc(Br)cc2)c(OC)c1. The minimum Gasteiger partial charge on any atom is -0.497 e. The Morgan fingerprint density at radius 2 is 1.79 bits per heavy atom. The van der Waals surface area contributed by atoms with Gasteiger partial charge in [0.15, 0.2) is 11.0 Å². The molecule has 4 aromatic rings. The van der Waals surface area contributed by atoms with Gasteiger partial charge in [0.25, 0.3) is 0 Å². The van der Waals surface area contributed by atoms with Gasteiger partial charge in [-0.2, -0.15) is 0 Å². The summed E-state index contributed by atoms with van der Waals surface area (Å²) in [4.78, 5) is 16.8. The number of aromatic nitrogens is 4. The summed E-state index contributed by atoms with van der Waals surface area (Å²) < 4.78 is 13.4. The molecule has 1 amide bonds. The molecule has 2 aromatic heterocycles. The van der Waals surface area contributed by atoms with Gasteiger partial charge in [0.05, 0.1) is 25.7 Å². The van der Waals surface area contributed by atoms with Crippen LogP contribution in [0.2, 0.25) is 0 Å². The van der Waals surface area contributed by atoms with E-state index in [9.17, 15) is 4.79 Å². The molecule has 168 valence electrons. The van der Waals surface area contributed by atoms with E-state index < -0.39 is 0 Å². The molecule has 0 radical (unpaired) electrons. The lowest BCUT2D eigenvalue weighted by molar-refractivity contribution is -0.113. The number of benzene rings is 2. The summed E-state index contributed by atoms with van der Waals surface area (Å²) in [6.07, 6.45) is 3.41. The van der Waals surface area contributed by atoms with Crippen LogP contribution >= 0.6 is 27.7 Å². The third-order valence-electron chi connectivity index (χ3n) is 4.67. The first kappa shape index (κ1) is 22.8. The number of thioether (sulfide) groups is 1. The van der Waals surface area contributed by atoms with Crippen molar-refractivity contribution < 1.29 is 14.3 Å². The second kappa shape index (κ2) is 10.5. The smallest absolute Gasteiger partial charge is 0.234 e. The van der Waals surface area contributed by atoms with Crippen LogP contribution in [0.15, 0.2) is 76.6 Å². The van der Waals surface area contributed by atoms with Gasteiger partial charge in [-0.3, -0.25) is 14.3 Å². The van der Waals surface area contributed by atoms with Gasteiger partial charge >= 0.3 is 0 Å². The van der Waals surface area contributed by atoms with Crippen molar-refractivity contribution in [3.05, 3.63) is 71.5 Å². The van der Waals surface area contributed by atoms with Crippen molar-refractivity contribution in [1.82, 2.24) is 19.7 Å². The highest BCUT2D eigenvalue weighted by atomic mass is 79.9. The second-order valence-electron chi connectivity index (χ2n) is 6.76. The van der Waals surface area contributed by atoms with Crippen molar-refractivity contribution >= 4 is 39.3 Å². The largest absolute Gasteiger partial charge is 0.497 e. The number of carbonyl (C=O) groups excluding carboxylic acids is 1. The monoisotopic (exact) mass is 525 g/mol. The number of hydrogen-bond donors (Lipinski definition) is 1. The number of hydrogen-bond acceptors (Lipinski definition) is 7. The molecule has 0 saturated carbocycles. The van der Waals surface area contributed by atoms with E-state index >= 15 is 0 Å². The third-order valence-corrected chi connectivity index (χ3v) is 6.13. The molecule has 0 aliphatic carbocycles. The second-order valence-corrected chi connectivity index (χ2v) is 8.62. The fourth-order valence-electron chi connectivity index (χ4n) is 3.09. The van der Waals surface area contributed by atoms with Gasteiger partial charge in [-0.15, -0.1) is 10.2 Å². The number of nitrogens with zero attached hydrogens (tertiary/aromatic N) is 4. The van der Waals surface area contributed by atoms with Crippen molar-refractivity contribution in [2.24, 2.45) is 0 Å². The van der Waals surface area contributed by atoms with Crippen molar-refractivity contribution in [2.75, 3.05) is 25.3 Å². The molecule has 4 rings (SSSR count). The Kier molecular flexibility index (Phi) is 7.26. The first-order chi connectivity index (χ1) is 16.1. The van der Waals surface area contributed by atoms with Crippen LogP contribution in [-0.4, -0.2) is 45.6 Å². The van der Waals surface area contributed by atoms with Gasteiger partial charge in [-0.05, 0) is 48.5 Å². The molecule has 1 N–H and O–H groups in total. The van der Waals surface area contributed by atoms with Crippen molar-refractivity contribution in [1.29, 1.82) is 0 Å². The van der Waals surface area contributed by atoms with E-state index in [1.54, 1.807) is 44.8 Å². The maximum Gasteiger partial charge on any atom is 0.234 e. The molecule has 8 nitrogen and oxygen atoms in total. The predicted molar refractivity (Wildman–Crippen MR) is 131 cm³/mol. The number of rotatable bonds is 8. The number of methoxy groups -OCH3 is 2. The van der Waals surface area contributed by atoms with Gasteiger partial charge in [-0.25, -0.2) is 0 Å². The zero-order chi connectivity index (χ0) is 23.2. The molecule has 10 heteroatoms. The summed E-state index contributed by atoms with van der Waals surface area (Å²) >= 11 is 4.76. The zero-order valence-electron chi connectivity index (χ0n) is 17.9. The molecule has 0 spiro atoms. The Labute approximate surface area is 203 Å². The fourth-order valence-corrected chi connectivity index (χ4v) is 4.11. The Balaban J connectivity index is 1.56. The molecule has 0 unspecified atom stereocenters. The number of amides is 1. The minimum absolute atomic E-state index is 0.139. The fraction of sp³-hybridized carbons (Fsp3) is 0.130. The van der Waals surface area contributed by atoms with E-state index in [2.05, 4.69) is 36.4 Å². The minimum atomic E-state index is -0.195. The van der Waals surface area contributed by atoms with Crippen molar-refractivity contribution in [3.63, 3.8) is 0 Å². The molecule has 0 aliphatic rings. The number of halogens is 1. The highest BCUT2D eigenvalue weighted by molar-refractivity contribution is 9.10. The van der Waals surface area contributed by atoms with Crippen molar-refractivity contribution in [3.8, 4) is 28.6 Å². The van der Waals surface area contributed by atoms with Crippen LogP contribution in [0.3, 0.4) is 0 Å². The quantitative estimate of drug-likeness (QED) is 0.329. The third kappa shape index (κ3) is 5.35. The average Bonchev–Trinajstić information content (AvgIpc) is 3.28. The predicted octanol–water partition coefficient (Wildman–Crippen LogP) is 4.84. The average molecular weight is 526 g/mol. The van der Waals surface area contributed by atoms with E-state index in [1.165, 1.54) is 11.8 Å². The Hall–Kier alpha value is -3.37. The molecule has 33 heavy (non-hydrogen) atoms. The highest BCUT2D eigenvalue weighted by Gasteiger charge is 2.18. The molecule has 2 heterocycles. The van der Waals surface area contributed by atoms with Gasteiger partial charge in [-0.1, -0.05) is 27.7 Å². The maximum absolute atomic E-state index is 12.7. The standard InChI is InChI=1S/C23H20BrN5O3S/c1-31-18-7-8-19(20(13-18)32-2)26-21(30)14-33-23-28-27-22(15-9-11-25-12-10-15)29(23)17-5-3-16(24)4-6-17/h3-13H,14H2,1-2H3,(H,26,30). The van der Waals surface area contributed by atoms with E-state index in [0.29, 0.717) is 28.2 Å². The number of anilines is 1. The van der Waals surface area contributed by atoms with E-state index in [4.69, 9.17) is 9.47 Å². The molecule has 2 aromatic carbocycles. The normalized spacial score (nSPS) is 10.6. The number of nitrogens with one attached hydrogen (secondary N) is 1. The zero-order valence-corrected chi connectivity index (χ0v) is 20.3. The first-order valence-electron chi connectivity index (χ1n) is 9.85. The highest BCUT2D eigenvalue weighted by Crippen LogP contribution is 2.31. The Bertz CT molecular complexity index is 1250. The summed E-state index contributed by atoms with van der Waals surface area (Å²) in [6, 6.07) is 16.8. The summed E-state index contributed by atoms with van der Waals surface area (Å²) in [6.45, 7) is 0. The van der Waals surface area contributed by atoms with E-state index in [0.717, 1.165) is 15.7 Å². The van der Waals surface area contributed by atoms with Gasteiger partial charge in [0, 0.05) is 34.2 Å². The molecule has 0 saturated heterocycles. The summed E-state index contributed by atoms with van der Waals surface area (Å²) in [7, 11) is 3.12. The summed E-state index contributed by atoms with van der Waals surface area (Å²) in [5, 5.41) is 12.2. The number of pyridine rings is 1. The lowest BCUT2D eigenvalue weighted by atomic mass is 10.2. The Morgan fingerprint density at radius 3 is 2.48 bits per heavy atom. The number of carbonyl (C=O) groups is 1. The number of ether oxygens (including phenoxy) is 2. The molecule has 0 bridgehead atoms. The van der Waals surface area contributed by atoms with Crippen molar-refractivity contribution in [2.45, 2.75) is 5.16 Å². The lowest BCUT2D eigenvalue weighted by Crippen LogP contribution is -2.15. The molecule has 0 atom stereocenters. The van der Waals surface area contributed by atoms with Gasteiger partial charge < -0.3 is 14.8 Å². The topological polar surface area (TPSA) is 91.2 Å². The van der Waals surface area contributed by atoms with Crippen LogP contribution < -0.4 is 14.8 Å². The Morgan fingerprint density at radius 1 is 1.03 bits per heavy atom. The van der Waals surface area contributed by atoms with E-state index in [-0.39, 0.29) is 11.7 Å². The summed E-state index contributed by atoms with van der Waals surface area (Å²) in [5.74, 6) is 1.77. The van der Waals surface area contributed by atoms with Crippen LogP contribution in [0.4, 0.5) is 5.69 Å². The maximum atomic E-state index is 12.7. The summed E-state index contributed by atoms with van der Waals surface area (Å²) in [5.41, 5.74) is 2.32. The first-order valence-corrected chi connectivity index (χ1v) is 11.6. The van der Waals surface area contributed by atoms with Crippen LogP contribution in [0.1, 0.15) is 0 Å². The van der Waals surface area contributed by atoms with Crippen LogP contribution in [-0.2, 0) is 4.79 Å². The van der Waals surface area contributed by atoms with Crippen LogP contribution in [0, 0.1) is 0 Å². The molecule has 0 aliphatic heterocycles. The van der Waals surface area contributed by atoms with Crippen LogP contribution in [0.5, 0.6) is 11.5 Å². The van der Waals surface area contributed by atoms with Gasteiger partial charge in [0.1, 0.15) is 11.5 Å². The molecular weight excluding hydrogens is 506 g/mol. The lowest BCUT2D eigenvalue weighted by Gasteiger charge is -2.12. The van der Waals surface area contributed by atoms with Gasteiger partial charge in [0.2, 0.25) is 5.91 Å². The molecular formula is C23H20BrN5O3S.